The van der Waals surface area contributed by atoms with E-state index in [1.807, 2.05) is 66.7 Å². The van der Waals surface area contributed by atoms with E-state index in [9.17, 15) is 14.8 Å². The minimum Gasteiger partial charge on any atom is -0.504 e. The van der Waals surface area contributed by atoms with E-state index in [4.69, 9.17) is 11.6 Å². The minimum atomic E-state index is -0.584. The first-order chi connectivity index (χ1) is 15.6. The molecule has 1 heterocycles. The van der Waals surface area contributed by atoms with E-state index in [2.05, 4.69) is 9.98 Å². The van der Waals surface area contributed by atoms with Gasteiger partial charge < -0.3 is 5.11 Å². The Hall–Kier alpha value is -4.21. The molecular formula is C25H16ClFN4O. The maximum absolute atomic E-state index is 13.5. The van der Waals surface area contributed by atoms with E-state index in [1.165, 1.54) is 30.5 Å². The fourth-order valence-corrected chi connectivity index (χ4v) is 3.35. The Balaban J connectivity index is 1.85. The summed E-state index contributed by atoms with van der Waals surface area (Å²) in [5.74, 6) is -0.562. The molecule has 0 spiro atoms. The quantitative estimate of drug-likeness (QED) is 0.349. The number of rotatable bonds is 5. The largest absolute Gasteiger partial charge is 0.504 e. The highest BCUT2D eigenvalue weighted by molar-refractivity contribution is 6.31. The zero-order chi connectivity index (χ0) is 22.5. The van der Waals surface area contributed by atoms with Crippen molar-refractivity contribution in [2.45, 2.75) is 0 Å². The van der Waals surface area contributed by atoms with Crippen LogP contribution in [-0.4, -0.2) is 15.8 Å². The topological polar surface area (TPSA) is 72.5 Å². The fourth-order valence-electron chi connectivity index (χ4n) is 3.17. The van der Waals surface area contributed by atoms with Crippen molar-refractivity contribution >= 4 is 40.2 Å². The molecule has 0 saturated heterocycles. The van der Waals surface area contributed by atoms with Gasteiger partial charge in [-0.15, -0.1) is 0 Å². The SMILES string of the molecule is N#C/C(=N\c1ccc(F)c(Cl)c1)c1ccnc(N(c2ccccc2)c2ccccc2)c1O. The van der Waals surface area contributed by atoms with Gasteiger partial charge in [0.15, 0.2) is 17.3 Å². The van der Waals surface area contributed by atoms with E-state index in [1.54, 1.807) is 4.90 Å². The van der Waals surface area contributed by atoms with E-state index in [-0.39, 0.29) is 33.6 Å². The van der Waals surface area contributed by atoms with Gasteiger partial charge in [0, 0.05) is 17.6 Å². The molecule has 4 rings (SSSR count). The summed E-state index contributed by atoms with van der Waals surface area (Å²) < 4.78 is 13.5. The van der Waals surface area contributed by atoms with E-state index < -0.39 is 5.82 Å². The van der Waals surface area contributed by atoms with Crippen LogP contribution in [0.1, 0.15) is 5.56 Å². The number of pyridine rings is 1. The van der Waals surface area contributed by atoms with Crippen molar-refractivity contribution in [2.75, 3.05) is 4.90 Å². The maximum Gasteiger partial charge on any atom is 0.181 e. The van der Waals surface area contributed by atoms with Gasteiger partial charge in [0.05, 0.1) is 16.3 Å². The zero-order valence-electron chi connectivity index (χ0n) is 16.7. The second-order valence-corrected chi connectivity index (χ2v) is 7.12. The first-order valence-corrected chi connectivity index (χ1v) is 9.98. The molecule has 32 heavy (non-hydrogen) atoms. The Kier molecular flexibility index (Phi) is 6.11. The van der Waals surface area contributed by atoms with Gasteiger partial charge in [-0.25, -0.2) is 14.4 Å². The molecule has 0 bridgehead atoms. The van der Waals surface area contributed by atoms with Gasteiger partial charge in [0.2, 0.25) is 0 Å². The number of anilines is 3. The second-order valence-electron chi connectivity index (χ2n) is 6.71. The van der Waals surface area contributed by atoms with Gasteiger partial charge in [0.25, 0.3) is 0 Å². The van der Waals surface area contributed by atoms with Crippen LogP contribution in [0.4, 0.5) is 27.3 Å². The number of aliphatic imine (C=N–C) groups is 1. The van der Waals surface area contributed by atoms with Gasteiger partial charge >= 0.3 is 0 Å². The fraction of sp³-hybridized carbons (Fsp3) is 0. The van der Waals surface area contributed by atoms with Crippen LogP contribution in [0, 0.1) is 17.1 Å². The van der Waals surface area contributed by atoms with Crippen LogP contribution in [0.2, 0.25) is 5.02 Å². The molecule has 156 valence electrons. The summed E-state index contributed by atoms with van der Waals surface area (Å²) in [6.45, 7) is 0. The Morgan fingerprint density at radius 2 is 1.59 bits per heavy atom. The van der Waals surface area contributed by atoms with Gasteiger partial charge in [-0.2, -0.15) is 5.26 Å². The number of nitrogens with zero attached hydrogens (tertiary/aromatic N) is 4. The van der Waals surface area contributed by atoms with Crippen LogP contribution in [0.3, 0.4) is 0 Å². The Labute approximate surface area is 189 Å². The van der Waals surface area contributed by atoms with Crippen LogP contribution in [-0.2, 0) is 0 Å². The molecule has 0 unspecified atom stereocenters. The molecule has 0 amide bonds. The van der Waals surface area contributed by atoms with E-state index in [0.717, 1.165) is 11.4 Å². The Morgan fingerprint density at radius 3 is 2.16 bits per heavy atom. The first-order valence-electron chi connectivity index (χ1n) is 9.61. The summed E-state index contributed by atoms with van der Waals surface area (Å²) in [5, 5.41) is 20.7. The molecule has 0 aliphatic carbocycles. The van der Waals surface area contributed by atoms with Crippen molar-refractivity contribution in [1.29, 1.82) is 5.26 Å². The molecule has 7 heteroatoms. The summed E-state index contributed by atoms with van der Waals surface area (Å²) in [4.78, 5) is 10.4. The van der Waals surface area contributed by atoms with Crippen LogP contribution in [0.5, 0.6) is 5.75 Å². The molecular weight excluding hydrogens is 427 g/mol. The van der Waals surface area contributed by atoms with Crippen molar-refractivity contribution in [3.63, 3.8) is 0 Å². The lowest BCUT2D eigenvalue weighted by Gasteiger charge is -2.25. The standard InChI is InChI=1S/C25H16ClFN4O/c26-21-15-17(11-12-22(21)27)30-23(16-28)20-13-14-29-25(24(20)32)31(18-7-3-1-4-8-18)19-9-5-2-6-10-19/h1-15,32H/b30-23+. The first kappa shape index (κ1) is 21.0. The lowest BCUT2D eigenvalue weighted by Crippen LogP contribution is -2.13. The van der Waals surface area contributed by atoms with E-state index in [0.29, 0.717) is 0 Å². The number of hydrogen-bond donors (Lipinski definition) is 1. The highest BCUT2D eigenvalue weighted by Crippen LogP contribution is 2.39. The summed E-state index contributed by atoms with van der Waals surface area (Å²) in [6, 6.07) is 26.2. The van der Waals surface area contributed by atoms with Crippen molar-refractivity contribution in [2.24, 2.45) is 4.99 Å². The molecule has 0 saturated carbocycles. The summed E-state index contributed by atoms with van der Waals surface area (Å²) >= 11 is 5.83. The smallest absolute Gasteiger partial charge is 0.181 e. The molecule has 1 N–H and O–H groups in total. The zero-order valence-corrected chi connectivity index (χ0v) is 17.4. The van der Waals surface area contributed by atoms with Crippen molar-refractivity contribution in [1.82, 2.24) is 4.98 Å². The summed E-state index contributed by atoms with van der Waals surface area (Å²) in [7, 11) is 0. The molecule has 0 aliphatic heterocycles. The van der Waals surface area contributed by atoms with Gasteiger partial charge in [-0.05, 0) is 48.5 Å². The number of benzene rings is 3. The van der Waals surface area contributed by atoms with Crippen LogP contribution in [0.15, 0.2) is 96.1 Å². The average Bonchev–Trinajstić information content (AvgIpc) is 2.83. The monoisotopic (exact) mass is 442 g/mol. The molecule has 0 aliphatic rings. The normalized spacial score (nSPS) is 11.1. The Bertz CT molecular complexity index is 1280. The third-order valence-electron chi connectivity index (χ3n) is 4.65. The molecule has 0 radical (unpaired) electrons. The molecule has 4 aromatic rings. The third-order valence-corrected chi connectivity index (χ3v) is 4.94. The van der Waals surface area contributed by atoms with Crippen molar-refractivity contribution in [3.05, 3.63) is 108 Å². The lowest BCUT2D eigenvalue weighted by atomic mass is 10.1. The second kappa shape index (κ2) is 9.29. The maximum atomic E-state index is 13.5. The van der Waals surface area contributed by atoms with Crippen LogP contribution in [0.25, 0.3) is 0 Å². The van der Waals surface area contributed by atoms with Crippen LogP contribution >= 0.6 is 11.6 Å². The van der Waals surface area contributed by atoms with Gasteiger partial charge in [-0.1, -0.05) is 48.0 Å². The summed E-state index contributed by atoms with van der Waals surface area (Å²) in [5.41, 5.74) is 1.97. The molecule has 5 nitrogen and oxygen atoms in total. The van der Waals surface area contributed by atoms with Crippen molar-refractivity contribution < 1.29 is 9.50 Å². The third kappa shape index (κ3) is 4.29. The van der Waals surface area contributed by atoms with Crippen LogP contribution < -0.4 is 4.90 Å². The highest BCUT2D eigenvalue weighted by Gasteiger charge is 2.21. The number of aromatic nitrogens is 1. The van der Waals surface area contributed by atoms with Gasteiger partial charge in [0.1, 0.15) is 11.9 Å². The molecule has 0 fully saturated rings. The predicted molar refractivity (Wildman–Crippen MR) is 124 cm³/mol. The van der Waals surface area contributed by atoms with Crippen molar-refractivity contribution in [3.8, 4) is 11.8 Å². The molecule has 3 aromatic carbocycles. The number of nitriles is 1. The van der Waals surface area contributed by atoms with E-state index >= 15 is 0 Å². The number of halogens is 2. The average molecular weight is 443 g/mol. The molecule has 1 aromatic heterocycles. The lowest BCUT2D eigenvalue weighted by molar-refractivity contribution is 0.473. The van der Waals surface area contributed by atoms with Gasteiger partial charge in [-0.3, -0.25) is 4.90 Å². The number of para-hydroxylation sites is 2. The summed E-state index contributed by atoms with van der Waals surface area (Å²) in [6.07, 6.45) is 1.49. The minimum absolute atomic E-state index is 0.0603. The number of aromatic hydroxyl groups is 1. The predicted octanol–water partition coefficient (Wildman–Crippen LogP) is 6.69. The highest BCUT2D eigenvalue weighted by atomic mass is 35.5. The Morgan fingerprint density at radius 1 is 0.969 bits per heavy atom. The number of hydrogen-bond acceptors (Lipinski definition) is 5. The molecule has 0 atom stereocenters.